The molecule has 0 aromatic heterocycles. The van der Waals surface area contributed by atoms with Crippen LogP contribution in [0.2, 0.25) is 0 Å². The predicted octanol–water partition coefficient (Wildman–Crippen LogP) is 1.79. The van der Waals surface area contributed by atoms with E-state index in [4.69, 9.17) is 19.9 Å². The summed E-state index contributed by atoms with van der Waals surface area (Å²) in [5.74, 6) is 2.38. The van der Waals surface area contributed by atoms with Crippen molar-refractivity contribution < 1.29 is 14.2 Å². The highest BCUT2D eigenvalue weighted by molar-refractivity contribution is 14.0. The van der Waals surface area contributed by atoms with E-state index in [-0.39, 0.29) is 24.0 Å². The normalized spacial score (nSPS) is 10.3. The zero-order valence-corrected chi connectivity index (χ0v) is 14.6. The molecule has 0 saturated heterocycles. The second-order valence-electron chi connectivity index (χ2n) is 3.83. The number of guanidine groups is 1. The quantitative estimate of drug-likeness (QED) is 0.226. The maximum atomic E-state index is 5.63. The first-order chi connectivity index (χ1) is 9.69. The van der Waals surface area contributed by atoms with Crippen LogP contribution in [0.15, 0.2) is 35.8 Å². The van der Waals surface area contributed by atoms with Crippen LogP contribution in [0, 0.1) is 0 Å². The third-order valence-corrected chi connectivity index (χ3v) is 2.39. The van der Waals surface area contributed by atoms with Gasteiger partial charge in [-0.05, 0) is 0 Å². The van der Waals surface area contributed by atoms with Gasteiger partial charge < -0.3 is 25.3 Å². The molecule has 118 valence electrons. The Kier molecular flexibility index (Phi) is 10.2. The van der Waals surface area contributed by atoms with Crippen molar-refractivity contribution in [1.82, 2.24) is 5.32 Å². The topological polar surface area (TPSA) is 78.1 Å². The highest BCUT2D eigenvalue weighted by Crippen LogP contribution is 2.27. The van der Waals surface area contributed by atoms with Gasteiger partial charge in [0, 0.05) is 24.7 Å². The first kappa shape index (κ1) is 19.4. The number of hydrogen-bond acceptors (Lipinski definition) is 4. The molecular formula is C14H22IN3O3. The number of halogens is 1. The molecule has 0 amide bonds. The number of nitrogens with two attached hydrogens (primary N) is 1. The number of nitrogens with zero attached hydrogens (tertiary/aromatic N) is 1. The van der Waals surface area contributed by atoms with E-state index in [1.54, 1.807) is 38.5 Å². The summed E-state index contributed by atoms with van der Waals surface area (Å²) in [6, 6.07) is 5.35. The predicted molar refractivity (Wildman–Crippen MR) is 95.1 cm³/mol. The smallest absolute Gasteiger partial charge is 0.188 e. The van der Waals surface area contributed by atoms with Gasteiger partial charge in [-0.1, -0.05) is 6.08 Å². The van der Waals surface area contributed by atoms with Gasteiger partial charge in [0.05, 0.1) is 20.8 Å². The lowest BCUT2D eigenvalue weighted by Gasteiger charge is -2.09. The summed E-state index contributed by atoms with van der Waals surface area (Å²) < 4.78 is 15.9. The van der Waals surface area contributed by atoms with Gasteiger partial charge in [0.25, 0.3) is 0 Å². The van der Waals surface area contributed by atoms with Crippen LogP contribution in [0.5, 0.6) is 17.2 Å². The van der Waals surface area contributed by atoms with E-state index in [1.807, 2.05) is 0 Å². The van der Waals surface area contributed by atoms with Crippen molar-refractivity contribution in [2.24, 2.45) is 10.7 Å². The van der Waals surface area contributed by atoms with E-state index in [2.05, 4.69) is 16.9 Å². The number of aliphatic imine (C=N–C) groups is 1. The molecule has 6 nitrogen and oxygen atoms in total. The highest BCUT2D eigenvalue weighted by atomic mass is 127. The van der Waals surface area contributed by atoms with E-state index >= 15 is 0 Å². The summed E-state index contributed by atoms with van der Waals surface area (Å²) in [5, 5.41) is 2.88. The molecular weight excluding hydrogens is 385 g/mol. The molecule has 0 fully saturated rings. The number of nitrogens with one attached hydrogen (secondary N) is 1. The molecule has 7 heteroatoms. The average molecular weight is 407 g/mol. The fourth-order valence-electron chi connectivity index (χ4n) is 1.43. The number of rotatable bonds is 8. The minimum Gasteiger partial charge on any atom is -0.496 e. The van der Waals surface area contributed by atoms with Crippen molar-refractivity contribution in [2.75, 3.05) is 33.9 Å². The molecule has 0 aliphatic carbocycles. The van der Waals surface area contributed by atoms with Gasteiger partial charge in [-0.15, -0.1) is 30.6 Å². The maximum absolute atomic E-state index is 5.63. The second-order valence-corrected chi connectivity index (χ2v) is 3.83. The Morgan fingerprint density at radius 1 is 1.24 bits per heavy atom. The Hall–Kier alpha value is -1.64. The first-order valence-corrected chi connectivity index (χ1v) is 6.20. The molecule has 0 aliphatic rings. The summed E-state index contributed by atoms with van der Waals surface area (Å²) >= 11 is 0. The number of hydrogen-bond donors (Lipinski definition) is 2. The molecule has 0 aliphatic heterocycles. The van der Waals surface area contributed by atoms with Crippen molar-refractivity contribution in [1.29, 1.82) is 0 Å². The van der Waals surface area contributed by atoms with Gasteiger partial charge in [-0.25, -0.2) is 4.99 Å². The van der Waals surface area contributed by atoms with Gasteiger partial charge in [0.2, 0.25) is 0 Å². The van der Waals surface area contributed by atoms with Crippen molar-refractivity contribution in [3.05, 3.63) is 30.9 Å². The minimum absolute atomic E-state index is 0. The van der Waals surface area contributed by atoms with Crippen molar-refractivity contribution in [3.63, 3.8) is 0 Å². The molecule has 0 heterocycles. The molecule has 0 spiro atoms. The lowest BCUT2D eigenvalue weighted by Crippen LogP contribution is -2.32. The third-order valence-electron chi connectivity index (χ3n) is 2.39. The molecule has 0 unspecified atom stereocenters. The van der Waals surface area contributed by atoms with E-state index in [0.29, 0.717) is 42.9 Å². The maximum Gasteiger partial charge on any atom is 0.188 e. The molecule has 0 saturated carbocycles. The third kappa shape index (κ3) is 7.64. The zero-order valence-electron chi connectivity index (χ0n) is 12.3. The van der Waals surface area contributed by atoms with Gasteiger partial charge in [-0.2, -0.15) is 0 Å². The van der Waals surface area contributed by atoms with Gasteiger partial charge in [-0.3, -0.25) is 0 Å². The van der Waals surface area contributed by atoms with Crippen LogP contribution >= 0.6 is 24.0 Å². The molecule has 1 aromatic rings. The average Bonchev–Trinajstić information content (AvgIpc) is 2.49. The summed E-state index contributed by atoms with van der Waals surface area (Å²) in [4.78, 5) is 4.11. The summed E-state index contributed by atoms with van der Waals surface area (Å²) in [7, 11) is 3.18. The lowest BCUT2D eigenvalue weighted by atomic mass is 10.3. The Bertz CT molecular complexity index is 445. The Labute approximate surface area is 142 Å². The molecule has 1 rings (SSSR count). The lowest BCUT2D eigenvalue weighted by molar-refractivity contribution is 0.321. The van der Waals surface area contributed by atoms with Crippen LogP contribution in [0.3, 0.4) is 0 Å². The molecule has 0 atom stereocenters. The Morgan fingerprint density at radius 3 is 2.33 bits per heavy atom. The van der Waals surface area contributed by atoms with Crippen molar-refractivity contribution >= 4 is 29.9 Å². The van der Waals surface area contributed by atoms with E-state index < -0.39 is 0 Å². The number of ether oxygens (including phenoxy) is 3. The molecule has 1 aromatic carbocycles. The van der Waals surface area contributed by atoms with Gasteiger partial charge >= 0.3 is 0 Å². The number of methoxy groups -OCH3 is 2. The second kappa shape index (κ2) is 11.1. The standard InChI is InChI=1S/C14H21N3O3.HI/c1-4-5-16-14(15)17-6-7-20-13-9-11(18-2)8-12(10-13)19-3;/h4,8-10H,1,5-7H2,2-3H3,(H3,15,16,17);1H. The zero-order chi connectivity index (χ0) is 14.8. The van der Waals surface area contributed by atoms with E-state index in [0.717, 1.165) is 0 Å². The minimum atomic E-state index is 0. The molecule has 0 radical (unpaired) electrons. The summed E-state index contributed by atoms with van der Waals surface area (Å²) in [6.45, 7) is 5.03. The molecule has 0 bridgehead atoms. The SMILES string of the molecule is C=CCNC(N)=NCCOc1cc(OC)cc(OC)c1.I. The summed E-state index contributed by atoms with van der Waals surface area (Å²) in [6.07, 6.45) is 1.71. The van der Waals surface area contributed by atoms with Crippen LogP contribution in [-0.2, 0) is 0 Å². The van der Waals surface area contributed by atoms with Crippen LogP contribution in [-0.4, -0.2) is 39.9 Å². The monoisotopic (exact) mass is 407 g/mol. The van der Waals surface area contributed by atoms with E-state index in [1.165, 1.54) is 0 Å². The Balaban J connectivity index is 0.00000400. The van der Waals surface area contributed by atoms with Crippen LogP contribution < -0.4 is 25.3 Å². The largest absolute Gasteiger partial charge is 0.496 e. The first-order valence-electron chi connectivity index (χ1n) is 6.20. The van der Waals surface area contributed by atoms with Crippen molar-refractivity contribution in [2.45, 2.75) is 0 Å². The van der Waals surface area contributed by atoms with E-state index in [9.17, 15) is 0 Å². The van der Waals surface area contributed by atoms with Gasteiger partial charge in [0.15, 0.2) is 5.96 Å². The molecule has 21 heavy (non-hydrogen) atoms. The fraction of sp³-hybridized carbons (Fsp3) is 0.357. The highest BCUT2D eigenvalue weighted by Gasteiger charge is 2.02. The fourth-order valence-corrected chi connectivity index (χ4v) is 1.43. The number of benzene rings is 1. The van der Waals surface area contributed by atoms with Crippen LogP contribution in [0.1, 0.15) is 0 Å². The Morgan fingerprint density at radius 2 is 1.81 bits per heavy atom. The van der Waals surface area contributed by atoms with Crippen LogP contribution in [0.4, 0.5) is 0 Å². The molecule has 3 N–H and O–H groups in total. The summed E-state index contributed by atoms with van der Waals surface area (Å²) in [5.41, 5.74) is 5.63. The van der Waals surface area contributed by atoms with Crippen LogP contribution in [0.25, 0.3) is 0 Å². The van der Waals surface area contributed by atoms with Crippen molar-refractivity contribution in [3.8, 4) is 17.2 Å². The van der Waals surface area contributed by atoms with Gasteiger partial charge in [0.1, 0.15) is 23.9 Å².